The Balaban J connectivity index is 2.42. The highest BCUT2D eigenvalue weighted by Crippen LogP contribution is 2.30. The van der Waals surface area contributed by atoms with Gasteiger partial charge in [-0.1, -0.05) is 20.8 Å². The molecular weight excluding hydrogens is 262 g/mol. The van der Waals surface area contributed by atoms with E-state index in [0.29, 0.717) is 5.41 Å². The van der Waals surface area contributed by atoms with E-state index in [0.717, 1.165) is 26.3 Å². The number of ether oxygens (including phenoxy) is 1. The zero-order valence-electron chi connectivity index (χ0n) is 14.8. The molecule has 1 N–H and O–H groups in total. The predicted octanol–water partition coefficient (Wildman–Crippen LogP) is 2.06. The Bertz CT molecular complexity index is 245. The fourth-order valence-electron chi connectivity index (χ4n) is 3.45. The van der Waals surface area contributed by atoms with E-state index in [-0.39, 0.29) is 0 Å². The van der Waals surface area contributed by atoms with Gasteiger partial charge < -0.3 is 19.9 Å². The molecule has 0 aromatic rings. The molecule has 0 unspecified atom stereocenters. The Morgan fingerprint density at radius 3 is 2.05 bits per heavy atom. The SMILES string of the molecule is CCN(CC)CCCN(CC)CC1(CNC)CCOCC1. The molecule has 1 aliphatic heterocycles. The molecule has 0 amide bonds. The van der Waals surface area contributed by atoms with Gasteiger partial charge in [0.05, 0.1) is 0 Å². The van der Waals surface area contributed by atoms with Crippen molar-refractivity contribution in [3.63, 3.8) is 0 Å². The molecule has 0 aliphatic carbocycles. The zero-order valence-corrected chi connectivity index (χ0v) is 14.8. The highest BCUT2D eigenvalue weighted by Gasteiger charge is 2.33. The molecule has 0 aromatic carbocycles. The van der Waals surface area contributed by atoms with Gasteiger partial charge in [-0.05, 0) is 64.4 Å². The van der Waals surface area contributed by atoms with Crippen LogP contribution in [0.4, 0.5) is 0 Å². The molecule has 0 atom stereocenters. The molecule has 4 nitrogen and oxygen atoms in total. The van der Waals surface area contributed by atoms with Crippen LogP contribution in [0.15, 0.2) is 0 Å². The van der Waals surface area contributed by atoms with Crippen molar-refractivity contribution < 1.29 is 4.74 Å². The third-order valence-corrected chi connectivity index (χ3v) is 4.95. The average Bonchev–Trinajstić information content (AvgIpc) is 2.51. The number of hydrogen-bond acceptors (Lipinski definition) is 4. The second kappa shape index (κ2) is 10.5. The standard InChI is InChI=1S/C17H37N3O/c1-5-19(6-2)11-8-12-20(7-3)16-17(15-18-4)9-13-21-14-10-17/h18H,5-16H2,1-4H3. The molecule has 1 aliphatic rings. The summed E-state index contributed by atoms with van der Waals surface area (Å²) >= 11 is 0. The monoisotopic (exact) mass is 299 g/mol. The van der Waals surface area contributed by atoms with E-state index in [1.165, 1.54) is 52.0 Å². The summed E-state index contributed by atoms with van der Waals surface area (Å²) in [5.74, 6) is 0. The summed E-state index contributed by atoms with van der Waals surface area (Å²) in [6.07, 6.45) is 3.67. The fourth-order valence-corrected chi connectivity index (χ4v) is 3.45. The van der Waals surface area contributed by atoms with Gasteiger partial charge in [-0.2, -0.15) is 0 Å². The average molecular weight is 300 g/mol. The van der Waals surface area contributed by atoms with E-state index in [9.17, 15) is 0 Å². The lowest BCUT2D eigenvalue weighted by molar-refractivity contribution is -0.00322. The lowest BCUT2D eigenvalue weighted by Gasteiger charge is -2.41. The van der Waals surface area contributed by atoms with E-state index in [2.05, 4.69) is 42.9 Å². The first-order chi connectivity index (χ1) is 10.2. The second-order valence-electron chi connectivity index (χ2n) is 6.39. The van der Waals surface area contributed by atoms with Crippen molar-refractivity contribution in [1.82, 2.24) is 15.1 Å². The Morgan fingerprint density at radius 2 is 1.52 bits per heavy atom. The Hall–Kier alpha value is -0.160. The van der Waals surface area contributed by atoms with Gasteiger partial charge in [-0.3, -0.25) is 0 Å². The summed E-state index contributed by atoms with van der Waals surface area (Å²) in [4.78, 5) is 5.16. The van der Waals surface area contributed by atoms with Gasteiger partial charge in [0.25, 0.3) is 0 Å². The third-order valence-electron chi connectivity index (χ3n) is 4.95. The largest absolute Gasteiger partial charge is 0.381 e. The molecular formula is C17H37N3O. The van der Waals surface area contributed by atoms with Gasteiger partial charge >= 0.3 is 0 Å². The van der Waals surface area contributed by atoms with Crippen LogP contribution in [-0.4, -0.2) is 75.9 Å². The molecule has 1 heterocycles. The van der Waals surface area contributed by atoms with Crippen LogP contribution in [0, 0.1) is 5.41 Å². The lowest BCUT2D eigenvalue weighted by atomic mass is 9.79. The van der Waals surface area contributed by atoms with E-state index in [1.54, 1.807) is 0 Å². The summed E-state index contributed by atoms with van der Waals surface area (Å²) < 4.78 is 5.58. The molecule has 0 aromatic heterocycles. The van der Waals surface area contributed by atoms with Crippen molar-refractivity contribution in [2.45, 2.75) is 40.0 Å². The van der Waals surface area contributed by atoms with E-state index in [1.807, 2.05) is 0 Å². The molecule has 1 saturated heterocycles. The minimum Gasteiger partial charge on any atom is -0.381 e. The van der Waals surface area contributed by atoms with Crippen LogP contribution in [0.25, 0.3) is 0 Å². The molecule has 1 rings (SSSR count). The van der Waals surface area contributed by atoms with E-state index >= 15 is 0 Å². The second-order valence-corrected chi connectivity index (χ2v) is 6.39. The van der Waals surface area contributed by atoms with Crippen LogP contribution in [-0.2, 0) is 4.74 Å². The molecule has 0 spiro atoms. The molecule has 21 heavy (non-hydrogen) atoms. The maximum absolute atomic E-state index is 5.58. The van der Waals surface area contributed by atoms with Gasteiger partial charge in [0.2, 0.25) is 0 Å². The third kappa shape index (κ3) is 6.64. The van der Waals surface area contributed by atoms with Crippen LogP contribution in [0.3, 0.4) is 0 Å². The smallest absolute Gasteiger partial charge is 0.0472 e. The van der Waals surface area contributed by atoms with Crippen LogP contribution < -0.4 is 5.32 Å². The number of nitrogens with zero attached hydrogens (tertiary/aromatic N) is 2. The Labute approximate surface area is 132 Å². The molecule has 0 saturated carbocycles. The number of rotatable bonds is 11. The van der Waals surface area contributed by atoms with Crippen molar-refractivity contribution in [3.8, 4) is 0 Å². The van der Waals surface area contributed by atoms with Crippen LogP contribution in [0.1, 0.15) is 40.0 Å². The first-order valence-electron chi connectivity index (χ1n) is 8.86. The predicted molar refractivity (Wildman–Crippen MR) is 90.9 cm³/mol. The number of hydrogen-bond donors (Lipinski definition) is 1. The molecule has 1 fully saturated rings. The van der Waals surface area contributed by atoms with E-state index in [4.69, 9.17) is 4.74 Å². The first-order valence-corrected chi connectivity index (χ1v) is 8.86. The highest BCUT2D eigenvalue weighted by molar-refractivity contribution is 4.86. The molecule has 0 bridgehead atoms. The van der Waals surface area contributed by atoms with Crippen molar-refractivity contribution in [2.75, 3.05) is 66.1 Å². The summed E-state index contributed by atoms with van der Waals surface area (Å²) in [7, 11) is 2.08. The lowest BCUT2D eigenvalue weighted by Crippen LogP contribution is -2.47. The van der Waals surface area contributed by atoms with Gasteiger partial charge in [0, 0.05) is 26.3 Å². The fraction of sp³-hybridized carbons (Fsp3) is 1.00. The van der Waals surface area contributed by atoms with Crippen LogP contribution >= 0.6 is 0 Å². The molecule has 0 radical (unpaired) electrons. The molecule has 4 heteroatoms. The topological polar surface area (TPSA) is 27.7 Å². The maximum atomic E-state index is 5.58. The van der Waals surface area contributed by atoms with E-state index < -0.39 is 0 Å². The van der Waals surface area contributed by atoms with Gasteiger partial charge in [-0.25, -0.2) is 0 Å². The minimum atomic E-state index is 0.415. The highest BCUT2D eigenvalue weighted by atomic mass is 16.5. The molecule has 126 valence electrons. The van der Waals surface area contributed by atoms with Gasteiger partial charge in [0.15, 0.2) is 0 Å². The van der Waals surface area contributed by atoms with Gasteiger partial charge in [0.1, 0.15) is 0 Å². The Kier molecular flexibility index (Phi) is 9.49. The summed E-state index contributed by atoms with van der Waals surface area (Å²) in [6.45, 7) is 16.9. The van der Waals surface area contributed by atoms with Crippen molar-refractivity contribution in [3.05, 3.63) is 0 Å². The summed E-state index contributed by atoms with van der Waals surface area (Å²) in [5, 5.41) is 3.41. The van der Waals surface area contributed by atoms with Crippen molar-refractivity contribution in [1.29, 1.82) is 0 Å². The van der Waals surface area contributed by atoms with Crippen molar-refractivity contribution in [2.24, 2.45) is 5.41 Å². The zero-order chi connectivity index (χ0) is 15.6. The Morgan fingerprint density at radius 1 is 0.952 bits per heavy atom. The minimum absolute atomic E-state index is 0.415. The van der Waals surface area contributed by atoms with Gasteiger partial charge in [-0.15, -0.1) is 0 Å². The summed E-state index contributed by atoms with van der Waals surface area (Å²) in [6, 6.07) is 0. The van der Waals surface area contributed by atoms with Crippen LogP contribution in [0.2, 0.25) is 0 Å². The summed E-state index contributed by atoms with van der Waals surface area (Å²) in [5.41, 5.74) is 0.415. The normalized spacial score (nSPS) is 18.6. The first kappa shape index (κ1) is 18.9. The van der Waals surface area contributed by atoms with Crippen molar-refractivity contribution >= 4 is 0 Å². The maximum Gasteiger partial charge on any atom is 0.0472 e. The van der Waals surface area contributed by atoms with Crippen LogP contribution in [0.5, 0.6) is 0 Å². The number of nitrogens with one attached hydrogen (secondary N) is 1. The quantitative estimate of drug-likeness (QED) is 0.632.